The highest BCUT2D eigenvalue weighted by atomic mass is 16.5. The normalized spacial score (nSPS) is 11.0. The first-order valence-electron chi connectivity index (χ1n) is 7.15. The molecule has 0 amide bonds. The second-order valence-corrected chi connectivity index (χ2v) is 4.86. The molecule has 0 saturated heterocycles. The number of aliphatic imine (C=N–C) groups is 1. The first-order valence-corrected chi connectivity index (χ1v) is 7.15. The predicted octanol–water partition coefficient (Wildman–Crippen LogP) is 3.67. The van der Waals surface area contributed by atoms with Gasteiger partial charge >= 0.3 is 5.95 Å². The number of aromatic hydroxyl groups is 1. The number of benzene rings is 2. The molecule has 0 bridgehead atoms. The third-order valence-electron chi connectivity index (χ3n) is 3.32. The summed E-state index contributed by atoms with van der Waals surface area (Å²) in [5, 5.41) is 9.85. The van der Waals surface area contributed by atoms with Gasteiger partial charge < -0.3 is 14.3 Å². The highest BCUT2D eigenvalue weighted by Gasteiger charge is 2.11. The van der Waals surface area contributed by atoms with Crippen LogP contribution in [0.4, 0.5) is 0 Å². The second kappa shape index (κ2) is 6.79. The topological polar surface area (TPSA) is 67.9 Å². The van der Waals surface area contributed by atoms with Crippen LogP contribution in [-0.4, -0.2) is 23.4 Å². The van der Waals surface area contributed by atoms with E-state index in [9.17, 15) is 5.11 Å². The Hall–Kier alpha value is -3.08. The molecule has 1 N–H and O–H groups in total. The van der Waals surface area contributed by atoms with Gasteiger partial charge in [-0.3, -0.25) is 4.99 Å². The fourth-order valence-corrected chi connectivity index (χ4v) is 2.18. The minimum absolute atomic E-state index is 0.243. The molecule has 3 aromatic rings. The van der Waals surface area contributed by atoms with E-state index in [2.05, 4.69) is 9.98 Å². The maximum atomic E-state index is 9.85. The molecule has 116 valence electrons. The molecule has 0 aliphatic rings. The number of ether oxygens (including phenoxy) is 1. The van der Waals surface area contributed by atoms with Gasteiger partial charge in [0.15, 0.2) is 5.69 Å². The van der Waals surface area contributed by atoms with Crippen LogP contribution in [0, 0.1) is 0 Å². The highest BCUT2D eigenvalue weighted by molar-refractivity contribution is 5.80. The molecule has 0 aliphatic heterocycles. The van der Waals surface area contributed by atoms with Crippen LogP contribution >= 0.6 is 0 Å². The van der Waals surface area contributed by atoms with Crippen molar-refractivity contribution in [1.29, 1.82) is 0 Å². The highest BCUT2D eigenvalue weighted by Crippen LogP contribution is 2.25. The molecule has 5 nitrogen and oxygen atoms in total. The van der Waals surface area contributed by atoms with Gasteiger partial charge in [-0.2, -0.15) is 0 Å². The van der Waals surface area contributed by atoms with Gasteiger partial charge in [-0.05, 0) is 18.2 Å². The van der Waals surface area contributed by atoms with Gasteiger partial charge in [-0.1, -0.05) is 36.4 Å². The summed E-state index contributed by atoms with van der Waals surface area (Å²) in [6.45, 7) is 0.428. The van der Waals surface area contributed by atoms with Crippen LogP contribution < -0.4 is 4.74 Å². The Morgan fingerprint density at radius 2 is 1.87 bits per heavy atom. The Bertz CT molecular complexity index is 810. The number of aromatic nitrogens is 1. The fraction of sp³-hybridized carbons (Fsp3) is 0.111. The molecule has 23 heavy (non-hydrogen) atoms. The SMILES string of the molecule is COc1ccccc1CN=Cc1nc(-c2ccccc2)oc1O. The Morgan fingerprint density at radius 1 is 1.13 bits per heavy atom. The maximum absolute atomic E-state index is 9.85. The molecule has 0 unspecified atom stereocenters. The van der Waals surface area contributed by atoms with Crippen molar-refractivity contribution in [3.8, 4) is 23.1 Å². The molecule has 3 rings (SSSR count). The van der Waals surface area contributed by atoms with Crippen molar-refractivity contribution < 1.29 is 14.3 Å². The van der Waals surface area contributed by atoms with Gasteiger partial charge in [-0.15, -0.1) is 0 Å². The van der Waals surface area contributed by atoms with Crippen molar-refractivity contribution >= 4 is 6.21 Å². The lowest BCUT2D eigenvalue weighted by molar-refractivity contribution is 0.337. The summed E-state index contributed by atoms with van der Waals surface area (Å²) in [6, 6.07) is 17.0. The van der Waals surface area contributed by atoms with Crippen molar-refractivity contribution in [3.05, 3.63) is 65.9 Å². The zero-order chi connectivity index (χ0) is 16.1. The van der Waals surface area contributed by atoms with Crippen molar-refractivity contribution in [2.24, 2.45) is 4.99 Å². The molecule has 1 heterocycles. The summed E-state index contributed by atoms with van der Waals surface area (Å²) in [4.78, 5) is 8.56. The number of hydrogen-bond donors (Lipinski definition) is 1. The van der Waals surface area contributed by atoms with Gasteiger partial charge in [0.2, 0.25) is 5.89 Å². The Labute approximate surface area is 133 Å². The molecule has 1 aromatic heterocycles. The van der Waals surface area contributed by atoms with Crippen LogP contribution in [0.5, 0.6) is 11.7 Å². The van der Waals surface area contributed by atoms with Gasteiger partial charge in [0.05, 0.1) is 19.9 Å². The van der Waals surface area contributed by atoms with E-state index in [1.54, 1.807) is 7.11 Å². The molecule has 0 radical (unpaired) electrons. The summed E-state index contributed by atoms with van der Waals surface area (Å²) >= 11 is 0. The minimum Gasteiger partial charge on any atom is -0.496 e. The summed E-state index contributed by atoms with van der Waals surface area (Å²) in [5.74, 6) is 0.897. The molecular weight excluding hydrogens is 292 g/mol. The van der Waals surface area contributed by atoms with Crippen LogP contribution in [0.25, 0.3) is 11.5 Å². The molecule has 0 atom stereocenters. The molecule has 5 heteroatoms. The summed E-state index contributed by atoms with van der Waals surface area (Å²) in [5.41, 5.74) is 2.06. The van der Waals surface area contributed by atoms with Gasteiger partial charge in [0.1, 0.15) is 5.75 Å². The Morgan fingerprint density at radius 3 is 2.65 bits per heavy atom. The number of methoxy groups -OCH3 is 1. The van der Waals surface area contributed by atoms with Crippen molar-refractivity contribution in [3.63, 3.8) is 0 Å². The third-order valence-corrected chi connectivity index (χ3v) is 3.32. The van der Waals surface area contributed by atoms with Crippen molar-refractivity contribution in [2.75, 3.05) is 7.11 Å². The van der Waals surface area contributed by atoms with E-state index < -0.39 is 0 Å². The number of hydrogen-bond acceptors (Lipinski definition) is 5. The Balaban J connectivity index is 1.77. The van der Waals surface area contributed by atoms with E-state index in [4.69, 9.17) is 9.15 Å². The third kappa shape index (κ3) is 3.40. The minimum atomic E-state index is -0.243. The van der Waals surface area contributed by atoms with Crippen LogP contribution in [0.15, 0.2) is 64.0 Å². The van der Waals surface area contributed by atoms with E-state index >= 15 is 0 Å². The number of nitrogens with zero attached hydrogens (tertiary/aromatic N) is 2. The molecule has 0 aliphatic carbocycles. The van der Waals surface area contributed by atoms with Crippen LogP contribution in [-0.2, 0) is 6.54 Å². The summed E-state index contributed by atoms with van der Waals surface area (Å²) in [7, 11) is 1.62. The summed E-state index contributed by atoms with van der Waals surface area (Å²) < 4.78 is 10.6. The van der Waals surface area contributed by atoms with Crippen LogP contribution in [0.3, 0.4) is 0 Å². The van der Waals surface area contributed by atoms with Gasteiger partial charge in [0.25, 0.3) is 0 Å². The lowest BCUT2D eigenvalue weighted by atomic mass is 10.2. The maximum Gasteiger partial charge on any atom is 0.312 e. The smallest absolute Gasteiger partial charge is 0.312 e. The Kier molecular flexibility index (Phi) is 4.38. The zero-order valence-corrected chi connectivity index (χ0v) is 12.6. The van der Waals surface area contributed by atoms with Crippen LogP contribution in [0.1, 0.15) is 11.3 Å². The largest absolute Gasteiger partial charge is 0.496 e. The van der Waals surface area contributed by atoms with Gasteiger partial charge in [0, 0.05) is 11.1 Å². The quantitative estimate of drug-likeness (QED) is 0.730. The molecule has 2 aromatic carbocycles. The van der Waals surface area contributed by atoms with E-state index in [-0.39, 0.29) is 5.95 Å². The first kappa shape index (κ1) is 14.8. The molecule has 0 spiro atoms. The fourth-order valence-electron chi connectivity index (χ4n) is 2.18. The van der Waals surface area contributed by atoms with Crippen LogP contribution in [0.2, 0.25) is 0 Å². The zero-order valence-electron chi connectivity index (χ0n) is 12.6. The standard InChI is InChI=1S/C18H16N2O3/c1-22-16-10-6-5-9-14(16)11-19-12-15-18(21)23-17(20-15)13-7-3-2-4-8-13/h2-10,12,21H,11H2,1H3. The lowest BCUT2D eigenvalue weighted by Crippen LogP contribution is -1.91. The number of oxazole rings is 1. The number of rotatable bonds is 5. The number of para-hydroxylation sites is 1. The summed E-state index contributed by atoms with van der Waals surface area (Å²) in [6.07, 6.45) is 1.50. The first-order chi connectivity index (χ1) is 11.3. The van der Waals surface area contributed by atoms with Crippen molar-refractivity contribution in [1.82, 2.24) is 4.98 Å². The molecule has 0 fully saturated rings. The van der Waals surface area contributed by atoms with Crippen molar-refractivity contribution in [2.45, 2.75) is 6.54 Å². The molecule has 0 saturated carbocycles. The lowest BCUT2D eigenvalue weighted by Gasteiger charge is -2.04. The van der Waals surface area contributed by atoms with Gasteiger partial charge in [-0.25, -0.2) is 4.98 Å². The average Bonchev–Trinajstić information content (AvgIpc) is 2.97. The molecular formula is C18H16N2O3. The monoisotopic (exact) mass is 308 g/mol. The van der Waals surface area contributed by atoms with E-state index in [0.717, 1.165) is 16.9 Å². The van der Waals surface area contributed by atoms with E-state index in [0.29, 0.717) is 18.1 Å². The second-order valence-electron chi connectivity index (χ2n) is 4.86. The predicted molar refractivity (Wildman–Crippen MR) is 87.9 cm³/mol. The van der Waals surface area contributed by atoms with E-state index in [1.165, 1.54) is 6.21 Å². The average molecular weight is 308 g/mol. The van der Waals surface area contributed by atoms with E-state index in [1.807, 2.05) is 54.6 Å².